The molecule has 1 N–H and O–H groups in total. The normalized spacial score (nSPS) is 24.2. The van der Waals surface area contributed by atoms with E-state index < -0.39 is 0 Å². The maximum absolute atomic E-state index is 5.69. The second-order valence-corrected chi connectivity index (χ2v) is 7.46. The van der Waals surface area contributed by atoms with Crippen molar-refractivity contribution in [3.63, 3.8) is 0 Å². The monoisotopic (exact) mass is 329 g/mol. The van der Waals surface area contributed by atoms with Crippen molar-refractivity contribution in [2.75, 3.05) is 23.4 Å². The lowest BCUT2D eigenvalue weighted by Gasteiger charge is -2.19. The van der Waals surface area contributed by atoms with Gasteiger partial charge in [-0.2, -0.15) is 16.9 Å². The largest absolute Gasteiger partial charge is 0.376 e. The predicted molar refractivity (Wildman–Crippen MR) is 95.0 cm³/mol. The Morgan fingerprint density at radius 3 is 3.22 bits per heavy atom. The zero-order chi connectivity index (χ0) is 15.5. The molecule has 0 radical (unpaired) electrons. The van der Waals surface area contributed by atoms with Crippen molar-refractivity contribution in [1.82, 2.24) is 9.78 Å². The summed E-state index contributed by atoms with van der Waals surface area (Å²) < 4.78 is 7.70. The molecule has 1 aromatic carbocycles. The van der Waals surface area contributed by atoms with Crippen LogP contribution in [0.3, 0.4) is 0 Å². The lowest BCUT2D eigenvalue weighted by atomic mass is 9.99. The summed E-state index contributed by atoms with van der Waals surface area (Å²) in [5.74, 6) is 2.31. The van der Waals surface area contributed by atoms with Gasteiger partial charge in [0.15, 0.2) is 0 Å². The molecule has 0 unspecified atom stereocenters. The van der Waals surface area contributed by atoms with E-state index in [-0.39, 0.29) is 0 Å². The van der Waals surface area contributed by atoms with Crippen LogP contribution in [0, 0.1) is 0 Å². The fourth-order valence-electron chi connectivity index (χ4n) is 3.43. The van der Waals surface area contributed by atoms with Gasteiger partial charge in [-0.25, -0.2) is 0 Å². The Balaban J connectivity index is 1.46. The van der Waals surface area contributed by atoms with E-state index in [4.69, 9.17) is 4.74 Å². The maximum atomic E-state index is 5.69. The smallest absolute Gasteiger partial charge is 0.0771 e. The number of ether oxygens (including phenoxy) is 1. The molecule has 122 valence electrons. The van der Waals surface area contributed by atoms with Crippen LogP contribution in [0.4, 0.5) is 5.69 Å². The van der Waals surface area contributed by atoms with Crippen molar-refractivity contribution in [2.45, 2.75) is 38.0 Å². The quantitative estimate of drug-likeness (QED) is 0.932. The fourth-order valence-corrected chi connectivity index (χ4v) is 4.46. The van der Waals surface area contributed by atoms with Crippen molar-refractivity contribution >= 4 is 17.4 Å². The van der Waals surface area contributed by atoms with Crippen molar-refractivity contribution in [1.29, 1.82) is 0 Å². The molecule has 2 aliphatic heterocycles. The first kappa shape index (κ1) is 15.1. The molecule has 0 aliphatic carbocycles. The molecule has 4 nitrogen and oxygen atoms in total. The Kier molecular flexibility index (Phi) is 4.57. The summed E-state index contributed by atoms with van der Waals surface area (Å²) in [5, 5.41) is 8.17. The molecule has 2 atom stereocenters. The topological polar surface area (TPSA) is 39.1 Å². The van der Waals surface area contributed by atoms with Gasteiger partial charge in [0, 0.05) is 18.6 Å². The highest BCUT2D eigenvalue weighted by Gasteiger charge is 2.20. The van der Waals surface area contributed by atoms with E-state index in [1.165, 1.54) is 23.3 Å². The van der Waals surface area contributed by atoms with Crippen LogP contribution in [0.25, 0.3) is 0 Å². The number of hydrogen-bond acceptors (Lipinski definition) is 4. The van der Waals surface area contributed by atoms with Gasteiger partial charge in [0.25, 0.3) is 0 Å². The van der Waals surface area contributed by atoms with Crippen LogP contribution in [0.15, 0.2) is 36.7 Å². The average molecular weight is 329 g/mol. The average Bonchev–Trinajstić information content (AvgIpc) is 3.19. The number of benzene rings is 1. The summed E-state index contributed by atoms with van der Waals surface area (Å²) in [7, 11) is 0. The number of anilines is 1. The second kappa shape index (κ2) is 6.97. The molecule has 4 rings (SSSR count). The molecule has 0 amide bonds. The minimum absolute atomic E-state index is 0.330. The fraction of sp³-hybridized carbons (Fsp3) is 0.500. The van der Waals surface area contributed by atoms with E-state index in [0.29, 0.717) is 12.1 Å². The van der Waals surface area contributed by atoms with Crippen molar-refractivity contribution in [3.8, 4) is 0 Å². The third-order valence-electron chi connectivity index (χ3n) is 4.62. The van der Waals surface area contributed by atoms with E-state index in [0.717, 1.165) is 37.4 Å². The van der Waals surface area contributed by atoms with E-state index in [1.807, 2.05) is 22.6 Å². The zero-order valence-corrected chi connectivity index (χ0v) is 14.1. The Morgan fingerprint density at radius 2 is 2.30 bits per heavy atom. The SMILES string of the molecule is c1ccc2c(c1)CCSC[C@@H]2Nc1cnn(C[C@H]2CCCO2)c1. The van der Waals surface area contributed by atoms with Gasteiger partial charge in [0.1, 0.15) is 0 Å². The molecule has 1 aromatic heterocycles. The number of thioether (sulfide) groups is 1. The molecule has 0 saturated carbocycles. The van der Waals surface area contributed by atoms with Crippen LogP contribution < -0.4 is 5.32 Å². The molecule has 1 fully saturated rings. The Labute approximate surface area is 141 Å². The molecule has 0 spiro atoms. The molecule has 0 bridgehead atoms. The van der Waals surface area contributed by atoms with E-state index in [2.05, 4.69) is 40.9 Å². The predicted octanol–water partition coefficient (Wildman–Crippen LogP) is 3.50. The van der Waals surface area contributed by atoms with Crippen LogP contribution >= 0.6 is 11.8 Å². The summed E-state index contributed by atoms with van der Waals surface area (Å²) in [6, 6.07) is 9.17. The summed E-state index contributed by atoms with van der Waals surface area (Å²) in [4.78, 5) is 0. The Morgan fingerprint density at radius 1 is 1.35 bits per heavy atom. The lowest BCUT2D eigenvalue weighted by molar-refractivity contribution is 0.0940. The summed E-state index contributed by atoms with van der Waals surface area (Å²) in [6.07, 6.45) is 7.86. The number of rotatable bonds is 4. The highest BCUT2D eigenvalue weighted by Crippen LogP contribution is 2.30. The first-order valence-corrected chi connectivity index (χ1v) is 9.60. The molecule has 1 saturated heterocycles. The van der Waals surface area contributed by atoms with E-state index in [1.54, 1.807) is 0 Å². The summed E-state index contributed by atoms with van der Waals surface area (Å²) in [6.45, 7) is 1.75. The molecule has 23 heavy (non-hydrogen) atoms. The maximum Gasteiger partial charge on any atom is 0.0771 e. The highest BCUT2D eigenvalue weighted by molar-refractivity contribution is 7.99. The van der Waals surface area contributed by atoms with Crippen LogP contribution in [0.1, 0.15) is 30.0 Å². The van der Waals surface area contributed by atoms with Gasteiger partial charge in [0.2, 0.25) is 0 Å². The van der Waals surface area contributed by atoms with Crippen molar-refractivity contribution in [2.24, 2.45) is 0 Å². The van der Waals surface area contributed by atoms with E-state index in [9.17, 15) is 0 Å². The Hall–Kier alpha value is -1.46. The van der Waals surface area contributed by atoms with Crippen molar-refractivity contribution in [3.05, 3.63) is 47.8 Å². The molecule has 3 heterocycles. The summed E-state index contributed by atoms with van der Waals surface area (Å²) >= 11 is 2.02. The van der Waals surface area contributed by atoms with Crippen LogP contribution in [0.2, 0.25) is 0 Å². The summed E-state index contributed by atoms with van der Waals surface area (Å²) in [5.41, 5.74) is 4.01. The minimum Gasteiger partial charge on any atom is -0.376 e. The minimum atomic E-state index is 0.330. The van der Waals surface area contributed by atoms with Crippen LogP contribution in [0.5, 0.6) is 0 Å². The standard InChI is InChI=1S/C18H23N3OS/c1-2-6-17-14(4-1)7-9-23-13-18(17)20-15-10-19-21(11-15)12-16-5-3-8-22-16/h1-2,4,6,10-11,16,18,20H,3,5,7-9,12-13H2/t16-,18+/m1/s1. The van der Waals surface area contributed by atoms with Crippen molar-refractivity contribution < 1.29 is 4.74 Å². The number of nitrogens with one attached hydrogen (secondary N) is 1. The van der Waals surface area contributed by atoms with Crippen LogP contribution in [-0.4, -0.2) is 34.0 Å². The number of fused-ring (bicyclic) bond motifs is 1. The molecule has 2 aromatic rings. The Bertz CT molecular complexity index is 651. The highest BCUT2D eigenvalue weighted by atomic mass is 32.2. The molecule has 5 heteroatoms. The molecular weight excluding hydrogens is 306 g/mol. The van der Waals surface area contributed by atoms with Gasteiger partial charge in [-0.05, 0) is 36.1 Å². The second-order valence-electron chi connectivity index (χ2n) is 6.31. The van der Waals surface area contributed by atoms with Crippen LogP contribution in [-0.2, 0) is 17.7 Å². The van der Waals surface area contributed by atoms with E-state index >= 15 is 0 Å². The third kappa shape index (κ3) is 3.56. The number of hydrogen-bond donors (Lipinski definition) is 1. The van der Waals surface area contributed by atoms with Gasteiger partial charge in [-0.3, -0.25) is 4.68 Å². The van der Waals surface area contributed by atoms with Gasteiger partial charge < -0.3 is 10.1 Å². The lowest BCUT2D eigenvalue weighted by Crippen LogP contribution is -2.15. The van der Waals surface area contributed by atoms with Gasteiger partial charge >= 0.3 is 0 Å². The number of nitrogens with zero attached hydrogens (tertiary/aromatic N) is 2. The molecular formula is C18H23N3OS. The van der Waals surface area contributed by atoms with Gasteiger partial charge in [-0.15, -0.1) is 0 Å². The van der Waals surface area contributed by atoms with Gasteiger partial charge in [0.05, 0.1) is 30.6 Å². The first-order chi connectivity index (χ1) is 11.4. The first-order valence-electron chi connectivity index (χ1n) is 8.44. The molecule has 2 aliphatic rings. The zero-order valence-electron chi connectivity index (χ0n) is 13.3. The number of aromatic nitrogens is 2. The number of aryl methyl sites for hydroxylation is 1. The third-order valence-corrected chi connectivity index (χ3v) is 5.68. The van der Waals surface area contributed by atoms with Gasteiger partial charge in [-0.1, -0.05) is 24.3 Å².